The van der Waals surface area contributed by atoms with Gasteiger partial charge in [-0.15, -0.1) is 0 Å². The Hall–Kier alpha value is -1.81. The first kappa shape index (κ1) is 16.6. The van der Waals surface area contributed by atoms with Gasteiger partial charge in [0.15, 0.2) is 0 Å². The zero-order valence-corrected chi connectivity index (χ0v) is 14.4. The molecule has 0 heterocycles. The molecule has 0 saturated heterocycles. The number of hydrogen-bond acceptors (Lipinski definition) is 2. The fourth-order valence-corrected chi connectivity index (χ4v) is 2.33. The van der Waals surface area contributed by atoms with E-state index in [1.807, 2.05) is 62.4 Å². The molecule has 0 radical (unpaired) electrons. The predicted octanol–water partition coefficient (Wildman–Crippen LogP) is 4.10. The molecule has 0 atom stereocenters. The van der Waals surface area contributed by atoms with Gasteiger partial charge in [-0.25, -0.2) is 0 Å². The summed E-state index contributed by atoms with van der Waals surface area (Å²) < 4.78 is 6.76. The molecule has 0 aliphatic carbocycles. The molecule has 0 aliphatic rings. The van der Waals surface area contributed by atoms with Crippen LogP contribution in [0.15, 0.2) is 53.0 Å². The second-order valence-corrected chi connectivity index (χ2v) is 6.27. The number of rotatable bonds is 6. The van der Waals surface area contributed by atoms with Crippen molar-refractivity contribution in [2.45, 2.75) is 32.9 Å². The number of ether oxygens (including phenoxy) is 1. The summed E-state index contributed by atoms with van der Waals surface area (Å²) in [6, 6.07) is 15.5. The Kier molecular flexibility index (Phi) is 6.01. The first-order valence-corrected chi connectivity index (χ1v) is 8.09. The van der Waals surface area contributed by atoms with Crippen molar-refractivity contribution < 1.29 is 9.53 Å². The molecule has 1 amide bonds. The summed E-state index contributed by atoms with van der Waals surface area (Å²) >= 11 is 3.39. The van der Waals surface area contributed by atoms with Crippen molar-refractivity contribution in [3.63, 3.8) is 0 Å². The molecule has 0 bridgehead atoms. The summed E-state index contributed by atoms with van der Waals surface area (Å²) in [5.74, 6) is 0.822. The van der Waals surface area contributed by atoms with E-state index in [-0.39, 0.29) is 12.0 Å². The average molecular weight is 362 g/mol. The summed E-state index contributed by atoms with van der Waals surface area (Å²) in [7, 11) is 0. The highest BCUT2D eigenvalue weighted by molar-refractivity contribution is 9.10. The molecule has 0 saturated carbocycles. The standard InChI is InChI=1S/C18H20BrNO2/c1-13(2)22-17-6-4-3-5-15(17)12-20-18(21)11-14-7-9-16(19)10-8-14/h3-10,13H,11-12H2,1-2H3,(H,20,21). The van der Waals surface area contributed by atoms with Gasteiger partial charge in [-0.2, -0.15) is 0 Å². The molecule has 0 spiro atoms. The van der Waals surface area contributed by atoms with Crippen molar-refractivity contribution in [1.29, 1.82) is 0 Å². The number of carbonyl (C=O) groups is 1. The third-order valence-electron chi connectivity index (χ3n) is 3.09. The van der Waals surface area contributed by atoms with Gasteiger partial charge in [0.1, 0.15) is 5.75 Å². The Bertz CT molecular complexity index is 623. The number of benzene rings is 2. The monoisotopic (exact) mass is 361 g/mol. The number of amides is 1. The van der Waals surface area contributed by atoms with Crippen LogP contribution in [0.4, 0.5) is 0 Å². The summed E-state index contributed by atoms with van der Waals surface area (Å²) in [4.78, 5) is 12.0. The molecule has 0 unspecified atom stereocenters. The summed E-state index contributed by atoms with van der Waals surface area (Å²) in [5.41, 5.74) is 1.98. The van der Waals surface area contributed by atoms with Gasteiger partial charge in [0, 0.05) is 16.6 Å². The molecule has 2 rings (SSSR count). The van der Waals surface area contributed by atoms with Gasteiger partial charge in [-0.3, -0.25) is 4.79 Å². The minimum absolute atomic E-state index is 0.00155. The molecular formula is C18H20BrNO2. The maximum Gasteiger partial charge on any atom is 0.224 e. The van der Waals surface area contributed by atoms with Crippen LogP contribution < -0.4 is 10.1 Å². The molecule has 116 valence electrons. The van der Waals surface area contributed by atoms with Gasteiger partial charge < -0.3 is 10.1 Å². The quantitative estimate of drug-likeness (QED) is 0.841. The Labute approximate surface area is 139 Å². The Morgan fingerprint density at radius 2 is 1.82 bits per heavy atom. The second-order valence-electron chi connectivity index (χ2n) is 5.35. The molecule has 2 aromatic rings. The molecular weight excluding hydrogens is 342 g/mol. The van der Waals surface area contributed by atoms with Crippen molar-refractivity contribution in [2.24, 2.45) is 0 Å². The predicted molar refractivity (Wildman–Crippen MR) is 91.9 cm³/mol. The van der Waals surface area contributed by atoms with Gasteiger partial charge in [-0.1, -0.05) is 46.3 Å². The van der Waals surface area contributed by atoms with Crippen molar-refractivity contribution in [1.82, 2.24) is 5.32 Å². The van der Waals surface area contributed by atoms with Crippen molar-refractivity contribution in [3.05, 3.63) is 64.1 Å². The molecule has 0 aliphatic heterocycles. The smallest absolute Gasteiger partial charge is 0.224 e. The highest BCUT2D eigenvalue weighted by Crippen LogP contribution is 2.19. The van der Waals surface area contributed by atoms with Crippen LogP contribution >= 0.6 is 15.9 Å². The number of nitrogens with one attached hydrogen (secondary N) is 1. The third kappa shape index (κ3) is 5.19. The lowest BCUT2D eigenvalue weighted by Crippen LogP contribution is -2.25. The number of halogens is 1. The molecule has 4 heteroatoms. The maximum absolute atomic E-state index is 12.0. The fraction of sp³-hybridized carbons (Fsp3) is 0.278. The highest BCUT2D eigenvalue weighted by Gasteiger charge is 2.07. The van der Waals surface area contributed by atoms with Crippen molar-refractivity contribution in [2.75, 3.05) is 0 Å². The van der Waals surface area contributed by atoms with Crippen LogP contribution in [-0.4, -0.2) is 12.0 Å². The van der Waals surface area contributed by atoms with Gasteiger partial charge in [0.05, 0.1) is 12.5 Å². The van der Waals surface area contributed by atoms with E-state index in [0.29, 0.717) is 13.0 Å². The highest BCUT2D eigenvalue weighted by atomic mass is 79.9. The Balaban J connectivity index is 1.92. The normalized spacial score (nSPS) is 10.5. The summed E-state index contributed by atoms with van der Waals surface area (Å²) in [6.45, 7) is 4.45. The summed E-state index contributed by atoms with van der Waals surface area (Å²) in [5, 5.41) is 2.95. The maximum atomic E-state index is 12.0. The first-order valence-electron chi connectivity index (χ1n) is 7.30. The lowest BCUT2D eigenvalue weighted by molar-refractivity contribution is -0.120. The zero-order valence-electron chi connectivity index (χ0n) is 12.8. The summed E-state index contributed by atoms with van der Waals surface area (Å²) in [6.07, 6.45) is 0.486. The topological polar surface area (TPSA) is 38.3 Å². The lowest BCUT2D eigenvalue weighted by atomic mass is 10.1. The van der Waals surface area contributed by atoms with Gasteiger partial charge in [0.2, 0.25) is 5.91 Å². The number of para-hydroxylation sites is 1. The van der Waals surface area contributed by atoms with Crippen LogP contribution in [0.1, 0.15) is 25.0 Å². The second kappa shape index (κ2) is 7.99. The van der Waals surface area contributed by atoms with Crippen LogP contribution in [-0.2, 0) is 17.8 Å². The fourth-order valence-electron chi connectivity index (χ4n) is 2.06. The van der Waals surface area contributed by atoms with Crippen molar-refractivity contribution >= 4 is 21.8 Å². The van der Waals surface area contributed by atoms with Crippen LogP contribution in [0.5, 0.6) is 5.75 Å². The third-order valence-corrected chi connectivity index (χ3v) is 3.62. The molecule has 22 heavy (non-hydrogen) atoms. The van der Waals surface area contributed by atoms with E-state index in [1.54, 1.807) is 0 Å². The van der Waals surface area contributed by atoms with Gasteiger partial charge in [0.25, 0.3) is 0 Å². The van der Waals surface area contributed by atoms with Crippen LogP contribution in [0.2, 0.25) is 0 Å². The molecule has 0 aromatic heterocycles. The van der Waals surface area contributed by atoms with Crippen molar-refractivity contribution in [3.8, 4) is 5.75 Å². The minimum Gasteiger partial charge on any atom is -0.491 e. The molecule has 1 N–H and O–H groups in total. The van der Waals surface area contributed by atoms with Gasteiger partial charge >= 0.3 is 0 Å². The number of hydrogen-bond donors (Lipinski definition) is 1. The Morgan fingerprint density at radius 3 is 2.50 bits per heavy atom. The van der Waals surface area contributed by atoms with E-state index in [0.717, 1.165) is 21.3 Å². The van der Waals surface area contributed by atoms with E-state index < -0.39 is 0 Å². The first-order chi connectivity index (χ1) is 10.5. The van der Waals surface area contributed by atoms with E-state index in [1.165, 1.54) is 0 Å². The van der Waals surface area contributed by atoms with Crippen LogP contribution in [0, 0.1) is 0 Å². The van der Waals surface area contributed by atoms with E-state index in [9.17, 15) is 4.79 Å². The Morgan fingerprint density at radius 1 is 1.14 bits per heavy atom. The zero-order chi connectivity index (χ0) is 15.9. The molecule has 3 nitrogen and oxygen atoms in total. The molecule has 0 fully saturated rings. The number of carbonyl (C=O) groups excluding carboxylic acids is 1. The van der Waals surface area contributed by atoms with E-state index in [4.69, 9.17) is 4.74 Å². The van der Waals surface area contributed by atoms with Gasteiger partial charge in [-0.05, 0) is 37.6 Å². The van der Waals surface area contributed by atoms with E-state index in [2.05, 4.69) is 21.2 Å². The molecule has 2 aromatic carbocycles. The SMILES string of the molecule is CC(C)Oc1ccccc1CNC(=O)Cc1ccc(Br)cc1. The van der Waals surface area contributed by atoms with Crippen LogP contribution in [0.25, 0.3) is 0 Å². The lowest BCUT2D eigenvalue weighted by Gasteiger charge is -2.14. The van der Waals surface area contributed by atoms with E-state index >= 15 is 0 Å². The largest absolute Gasteiger partial charge is 0.491 e. The minimum atomic E-state index is 0.00155. The average Bonchev–Trinajstić information content (AvgIpc) is 2.48. The van der Waals surface area contributed by atoms with Crippen LogP contribution in [0.3, 0.4) is 0 Å².